The number of alkyl halides is 3. The number of nitro groups is 1. The van der Waals surface area contributed by atoms with E-state index < -0.39 is 39.7 Å². The lowest BCUT2D eigenvalue weighted by Crippen LogP contribution is -2.37. The maximum absolute atomic E-state index is 14.3. The Morgan fingerprint density at radius 3 is 2.53 bits per heavy atom. The van der Waals surface area contributed by atoms with Crippen LogP contribution in [0, 0.1) is 21.5 Å². The predicted octanol–water partition coefficient (Wildman–Crippen LogP) is 4.43. The molecule has 2 N–H and O–H groups in total. The Bertz CT molecular complexity index is 1010. The molecule has 2 aromatic heterocycles. The number of halogens is 4. The van der Waals surface area contributed by atoms with Crippen molar-refractivity contribution in [1.29, 1.82) is 0 Å². The zero-order valence-corrected chi connectivity index (χ0v) is 17.6. The van der Waals surface area contributed by atoms with Crippen LogP contribution in [-0.2, 0) is 10.9 Å². The van der Waals surface area contributed by atoms with E-state index in [1.54, 1.807) is 19.1 Å². The monoisotopic (exact) mass is 457 g/mol. The molecule has 1 fully saturated rings. The molecular weight excluding hydrogens is 434 g/mol. The van der Waals surface area contributed by atoms with E-state index in [-0.39, 0.29) is 16.8 Å². The SMILES string of the molecule is COCC1(CN(C)c2cc(-c3cc(C(F)(F)F)cnc3F)nc(N)c2[N+](=O)[O-])CCCC1. The van der Waals surface area contributed by atoms with Crippen molar-refractivity contribution in [3.05, 3.63) is 40.0 Å². The number of nitrogens with two attached hydrogens (primary N) is 1. The molecule has 3 rings (SSSR count). The van der Waals surface area contributed by atoms with E-state index in [2.05, 4.69) is 9.97 Å². The van der Waals surface area contributed by atoms with Gasteiger partial charge in [-0.3, -0.25) is 10.1 Å². The number of ether oxygens (including phenoxy) is 1. The summed E-state index contributed by atoms with van der Waals surface area (Å²) >= 11 is 0. The summed E-state index contributed by atoms with van der Waals surface area (Å²) in [6.07, 6.45) is -0.683. The van der Waals surface area contributed by atoms with Crippen LogP contribution in [0.1, 0.15) is 31.2 Å². The minimum absolute atomic E-state index is 0.0247. The highest BCUT2D eigenvalue weighted by Crippen LogP contribution is 2.43. The maximum Gasteiger partial charge on any atom is 0.417 e. The molecule has 0 aromatic carbocycles. The van der Waals surface area contributed by atoms with Gasteiger partial charge in [0.2, 0.25) is 11.8 Å². The molecule has 2 heterocycles. The number of hydrogen-bond donors (Lipinski definition) is 1. The van der Waals surface area contributed by atoms with Crippen molar-refractivity contribution in [2.75, 3.05) is 37.9 Å². The Kier molecular flexibility index (Phi) is 6.54. The summed E-state index contributed by atoms with van der Waals surface area (Å²) in [6, 6.07) is 1.73. The van der Waals surface area contributed by atoms with Gasteiger partial charge in [0.15, 0.2) is 0 Å². The molecule has 0 saturated heterocycles. The summed E-state index contributed by atoms with van der Waals surface area (Å²) in [4.78, 5) is 19.6. The number of methoxy groups -OCH3 is 1. The molecule has 2 aromatic rings. The third-order valence-electron chi connectivity index (χ3n) is 5.72. The number of rotatable bonds is 7. The first-order valence-electron chi connectivity index (χ1n) is 9.85. The first-order valence-corrected chi connectivity index (χ1v) is 9.85. The topological polar surface area (TPSA) is 107 Å². The summed E-state index contributed by atoms with van der Waals surface area (Å²) in [5, 5.41) is 11.7. The average Bonchev–Trinajstić information content (AvgIpc) is 3.14. The van der Waals surface area contributed by atoms with Crippen LogP contribution in [0.3, 0.4) is 0 Å². The van der Waals surface area contributed by atoms with Gasteiger partial charge in [-0.05, 0) is 25.0 Å². The highest BCUT2D eigenvalue weighted by atomic mass is 19.4. The fourth-order valence-electron chi connectivity index (χ4n) is 4.31. The van der Waals surface area contributed by atoms with Crippen LogP contribution in [0.25, 0.3) is 11.3 Å². The zero-order valence-electron chi connectivity index (χ0n) is 17.6. The van der Waals surface area contributed by atoms with Gasteiger partial charge in [0, 0.05) is 32.3 Å². The molecule has 1 saturated carbocycles. The van der Waals surface area contributed by atoms with Crippen molar-refractivity contribution in [3.63, 3.8) is 0 Å². The van der Waals surface area contributed by atoms with Crippen molar-refractivity contribution >= 4 is 17.2 Å². The Morgan fingerprint density at radius 2 is 1.97 bits per heavy atom. The Hall–Kier alpha value is -3.02. The van der Waals surface area contributed by atoms with Crippen LogP contribution >= 0.6 is 0 Å². The smallest absolute Gasteiger partial charge is 0.384 e. The van der Waals surface area contributed by atoms with Crippen LogP contribution in [0.2, 0.25) is 0 Å². The molecule has 1 aliphatic carbocycles. The molecule has 1 aliphatic rings. The molecule has 32 heavy (non-hydrogen) atoms. The number of pyridine rings is 2. The van der Waals surface area contributed by atoms with E-state index in [9.17, 15) is 27.7 Å². The summed E-state index contributed by atoms with van der Waals surface area (Å²) in [6.45, 7) is 0.832. The first-order chi connectivity index (χ1) is 15.0. The van der Waals surface area contributed by atoms with E-state index in [0.717, 1.165) is 25.7 Å². The summed E-state index contributed by atoms with van der Waals surface area (Å²) in [5.41, 5.74) is 3.09. The number of nitrogen functional groups attached to an aromatic ring is 1. The van der Waals surface area contributed by atoms with Gasteiger partial charge < -0.3 is 15.4 Å². The van der Waals surface area contributed by atoms with Crippen molar-refractivity contribution in [2.45, 2.75) is 31.9 Å². The number of nitrogens with zero attached hydrogens (tertiary/aromatic N) is 4. The van der Waals surface area contributed by atoms with Crippen molar-refractivity contribution < 1.29 is 27.2 Å². The Labute approximate surface area is 181 Å². The summed E-state index contributed by atoms with van der Waals surface area (Å²) in [5.74, 6) is -1.72. The molecule has 0 amide bonds. The Balaban J connectivity index is 2.10. The van der Waals surface area contributed by atoms with Gasteiger partial charge in [0.05, 0.1) is 28.4 Å². The van der Waals surface area contributed by atoms with Crippen LogP contribution in [-0.4, -0.2) is 42.2 Å². The molecule has 0 radical (unpaired) electrons. The summed E-state index contributed by atoms with van der Waals surface area (Å²) in [7, 11) is 3.19. The molecule has 0 unspecified atom stereocenters. The van der Waals surface area contributed by atoms with E-state index in [1.807, 2.05) is 0 Å². The van der Waals surface area contributed by atoms with Crippen molar-refractivity contribution in [3.8, 4) is 11.3 Å². The minimum Gasteiger partial charge on any atom is -0.384 e. The molecule has 0 spiro atoms. The van der Waals surface area contributed by atoms with E-state index in [1.165, 1.54) is 6.07 Å². The minimum atomic E-state index is -4.75. The van der Waals surface area contributed by atoms with Gasteiger partial charge in [-0.2, -0.15) is 17.6 Å². The fraction of sp³-hybridized carbons (Fsp3) is 0.500. The molecule has 174 valence electrons. The van der Waals surface area contributed by atoms with E-state index >= 15 is 0 Å². The lowest BCUT2D eigenvalue weighted by Gasteiger charge is -2.34. The van der Waals surface area contributed by atoms with Crippen molar-refractivity contribution in [1.82, 2.24) is 9.97 Å². The molecule has 0 aliphatic heterocycles. The normalized spacial score (nSPS) is 15.7. The number of aromatic nitrogens is 2. The van der Waals surface area contributed by atoms with Gasteiger partial charge in [-0.25, -0.2) is 9.97 Å². The number of anilines is 2. The second-order valence-corrected chi connectivity index (χ2v) is 8.07. The highest BCUT2D eigenvalue weighted by Gasteiger charge is 2.37. The van der Waals surface area contributed by atoms with Crippen LogP contribution in [0.4, 0.5) is 34.8 Å². The first kappa shape index (κ1) is 23.6. The van der Waals surface area contributed by atoms with Gasteiger partial charge in [-0.1, -0.05) is 12.8 Å². The Morgan fingerprint density at radius 1 is 1.31 bits per heavy atom. The maximum atomic E-state index is 14.3. The van der Waals surface area contributed by atoms with Crippen molar-refractivity contribution in [2.24, 2.45) is 5.41 Å². The van der Waals surface area contributed by atoms with Crippen LogP contribution in [0.15, 0.2) is 18.3 Å². The van der Waals surface area contributed by atoms with Gasteiger partial charge in [-0.15, -0.1) is 0 Å². The molecular formula is C20H23F4N5O3. The lowest BCUT2D eigenvalue weighted by molar-refractivity contribution is -0.383. The second-order valence-electron chi connectivity index (χ2n) is 8.07. The largest absolute Gasteiger partial charge is 0.417 e. The molecule has 12 heteroatoms. The highest BCUT2D eigenvalue weighted by molar-refractivity contribution is 5.79. The van der Waals surface area contributed by atoms with Gasteiger partial charge >= 0.3 is 11.9 Å². The van der Waals surface area contributed by atoms with Gasteiger partial charge in [0.25, 0.3) is 0 Å². The zero-order chi connectivity index (χ0) is 23.7. The number of hydrogen-bond acceptors (Lipinski definition) is 7. The van der Waals surface area contributed by atoms with E-state index in [0.29, 0.717) is 25.4 Å². The second kappa shape index (κ2) is 8.85. The molecule has 8 nitrogen and oxygen atoms in total. The fourth-order valence-corrected chi connectivity index (χ4v) is 4.31. The average molecular weight is 457 g/mol. The van der Waals surface area contributed by atoms with E-state index in [4.69, 9.17) is 10.5 Å². The van der Waals surface area contributed by atoms with Gasteiger partial charge in [0.1, 0.15) is 5.69 Å². The van der Waals surface area contributed by atoms with Crippen LogP contribution < -0.4 is 10.6 Å². The lowest BCUT2D eigenvalue weighted by atomic mass is 9.86. The quantitative estimate of drug-likeness (QED) is 0.284. The molecule has 0 bridgehead atoms. The third kappa shape index (κ3) is 4.74. The predicted molar refractivity (Wildman–Crippen MR) is 110 cm³/mol. The standard InChI is InChI=1S/C20H23F4N5O3/c1-28(10-19(11-32-2)5-3-4-6-19)15-8-14(27-18(25)16(15)29(30)31)13-7-12(20(22,23)24)9-26-17(13)21/h7-9H,3-6,10-11H2,1-2H3,(H2,25,27). The molecule has 0 atom stereocenters. The third-order valence-corrected chi connectivity index (χ3v) is 5.72. The van der Waals surface area contributed by atoms with Crippen LogP contribution in [0.5, 0.6) is 0 Å². The summed E-state index contributed by atoms with van der Waals surface area (Å²) < 4.78 is 59.0.